The van der Waals surface area contributed by atoms with Gasteiger partial charge < -0.3 is 15.2 Å². The van der Waals surface area contributed by atoms with Crippen molar-refractivity contribution in [1.29, 1.82) is 0 Å². The van der Waals surface area contributed by atoms with Crippen LogP contribution in [0.5, 0.6) is 0 Å². The van der Waals surface area contributed by atoms with Crippen LogP contribution < -0.4 is 5.32 Å². The van der Waals surface area contributed by atoms with E-state index in [-0.39, 0.29) is 6.10 Å². The molecule has 0 aliphatic carbocycles. The molecule has 3 heteroatoms. The van der Waals surface area contributed by atoms with Gasteiger partial charge in [-0.25, -0.2) is 0 Å². The van der Waals surface area contributed by atoms with E-state index in [9.17, 15) is 0 Å². The van der Waals surface area contributed by atoms with Crippen molar-refractivity contribution in [2.24, 2.45) is 0 Å². The molecule has 0 saturated carbocycles. The van der Waals surface area contributed by atoms with Gasteiger partial charge in [0.15, 0.2) is 0 Å². The fourth-order valence-electron chi connectivity index (χ4n) is 2.35. The average molecular weight is 185 g/mol. The highest BCUT2D eigenvalue weighted by atomic mass is 16.5. The molecule has 0 spiro atoms. The Kier molecular flexibility index (Phi) is 2.86. The molecule has 2 heterocycles. The summed E-state index contributed by atoms with van der Waals surface area (Å²) < 4.78 is 5.80. The van der Waals surface area contributed by atoms with Gasteiger partial charge in [-0.3, -0.25) is 0 Å². The Morgan fingerprint density at radius 2 is 2.15 bits per heavy atom. The lowest BCUT2D eigenvalue weighted by atomic mass is 10.0. The molecule has 2 bridgehead atoms. The van der Waals surface area contributed by atoms with Crippen LogP contribution in [0.3, 0.4) is 0 Å². The summed E-state index contributed by atoms with van der Waals surface area (Å²) in [6.45, 7) is 2.50. The fraction of sp³-hybridized carbons (Fsp3) is 1.00. The lowest BCUT2D eigenvalue weighted by molar-refractivity contribution is -0.0183. The summed E-state index contributed by atoms with van der Waals surface area (Å²) in [5, 5.41) is 12.5. The predicted molar refractivity (Wildman–Crippen MR) is 50.6 cm³/mol. The molecule has 2 aliphatic rings. The van der Waals surface area contributed by atoms with Crippen molar-refractivity contribution < 1.29 is 9.84 Å². The summed E-state index contributed by atoms with van der Waals surface area (Å²) in [4.78, 5) is 0. The third-order valence-corrected chi connectivity index (χ3v) is 3.06. The fourth-order valence-corrected chi connectivity index (χ4v) is 2.35. The van der Waals surface area contributed by atoms with Crippen molar-refractivity contribution in [3.63, 3.8) is 0 Å². The number of rotatable bonds is 3. The van der Waals surface area contributed by atoms with Gasteiger partial charge in [0, 0.05) is 12.6 Å². The molecule has 3 nitrogen and oxygen atoms in total. The van der Waals surface area contributed by atoms with E-state index in [0.717, 1.165) is 0 Å². The van der Waals surface area contributed by atoms with Gasteiger partial charge in [0.2, 0.25) is 0 Å². The van der Waals surface area contributed by atoms with E-state index in [1.54, 1.807) is 0 Å². The molecule has 2 fully saturated rings. The van der Waals surface area contributed by atoms with E-state index in [1.165, 1.54) is 25.7 Å². The Labute approximate surface area is 79.5 Å². The van der Waals surface area contributed by atoms with Crippen LogP contribution >= 0.6 is 0 Å². The Bertz CT molecular complexity index is 172. The van der Waals surface area contributed by atoms with Crippen LogP contribution in [0.15, 0.2) is 0 Å². The van der Waals surface area contributed by atoms with Crippen LogP contribution in [-0.4, -0.2) is 36.0 Å². The molecule has 2 N–H and O–H groups in total. The minimum Gasteiger partial charge on any atom is -0.392 e. The standard InChI is InChI=1S/C10H19NO2/c1-7(12)6-11-9-4-2-8-3-5-10(9)13-8/h7-12H,2-6H2,1H3/t7-,8?,9?,10?/m0/s1. The number of aliphatic hydroxyl groups excluding tert-OH is 1. The maximum Gasteiger partial charge on any atom is 0.0732 e. The molecule has 2 saturated heterocycles. The summed E-state index contributed by atoms with van der Waals surface area (Å²) in [7, 11) is 0. The van der Waals surface area contributed by atoms with E-state index in [1.807, 2.05) is 6.92 Å². The van der Waals surface area contributed by atoms with Gasteiger partial charge in [0.25, 0.3) is 0 Å². The first kappa shape index (κ1) is 9.44. The highest BCUT2D eigenvalue weighted by Crippen LogP contribution is 2.32. The molecule has 2 aliphatic heterocycles. The van der Waals surface area contributed by atoms with Gasteiger partial charge in [-0.2, -0.15) is 0 Å². The lowest BCUT2D eigenvalue weighted by Gasteiger charge is -2.30. The van der Waals surface area contributed by atoms with Gasteiger partial charge in [0.05, 0.1) is 18.3 Å². The topological polar surface area (TPSA) is 41.5 Å². The number of hydrogen-bond acceptors (Lipinski definition) is 3. The third-order valence-electron chi connectivity index (χ3n) is 3.06. The SMILES string of the molecule is C[C@H](O)CNC1CCC2CCC1O2. The van der Waals surface area contributed by atoms with Gasteiger partial charge in [-0.15, -0.1) is 0 Å². The molecule has 76 valence electrons. The van der Waals surface area contributed by atoms with Crippen LogP contribution in [0, 0.1) is 0 Å². The first-order chi connectivity index (χ1) is 6.25. The second kappa shape index (κ2) is 3.95. The van der Waals surface area contributed by atoms with E-state index in [4.69, 9.17) is 9.84 Å². The predicted octanol–water partition coefficient (Wildman–Crippen LogP) is 0.667. The molecule has 0 aromatic heterocycles. The maximum absolute atomic E-state index is 9.15. The van der Waals surface area contributed by atoms with Crippen molar-refractivity contribution in [3.05, 3.63) is 0 Å². The molecule has 3 unspecified atom stereocenters. The average Bonchev–Trinajstić information content (AvgIpc) is 2.47. The molecule has 0 radical (unpaired) electrons. The Morgan fingerprint density at radius 1 is 1.38 bits per heavy atom. The van der Waals surface area contributed by atoms with Crippen LogP contribution in [0.25, 0.3) is 0 Å². The summed E-state index contributed by atoms with van der Waals surface area (Å²) in [5.41, 5.74) is 0. The largest absolute Gasteiger partial charge is 0.392 e. The molecule has 4 atom stereocenters. The molecule has 0 aromatic carbocycles. The molecule has 0 aromatic rings. The number of fused-ring (bicyclic) bond motifs is 2. The first-order valence-corrected chi connectivity index (χ1v) is 5.32. The van der Waals surface area contributed by atoms with E-state index in [0.29, 0.717) is 24.8 Å². The highest BCUT2D eigenvalue weighted by Gasteiger charge is 2.36. The normalized spacial score (nSPS) is 40.6. The number of aliphatic hydroxyl groups is 1. The van der Waals surface area contributed by atoms with Gasteiger partial charge >= 0.3 is 0 Å². The van der Waals surface area contributed by atoms with Gasteiger partial charge in [-0.05, 0) is 32.6 Å². The molecule has 0 amide bonds. The Balaban J connectivity index is 1.79. The zero-order valence-electron chi connectivity index (χ0n) is 8.20. The quantitative estimate of drug-likeness (QED) is 0.679. The highest BCUT2D eigenvalue weighted by molar-refractivity contribution is 4.89. The zero-order valence-corrected chi connectivity index (χ0v) is 8.20. The second-order valence-electron chi connectivity index (χ2n) is 4.32. The summed E-state index contributed by atoms with van der Waals surface area (Å²) in [6.07, 6.45) is 5.53. The van der Waals surface area contributed by atoms with E-state index < -0.39 is 0 Å². The smallest absolute Gasteiger partial charge is 0.0732 e. The molecular formula is C10H19NO2. The van der Waals surface area contributed by atoms with Crippen LogP contribution in [0.4, 0.5) is 0 Å². The summed E-state index contributed by atoms with van der Waals surface area (Å²) in [5.74, 6) is 0. The molecule has 2 rings (SSSR count). The number of nitrogens with one attached hydrogen (secondary N) is 1. The third kappa shape index (κ3) is 2.22. The Morgan fingerprint density at radius 3 is 2.92 bits per heavy atom. The van der Waals surface area contributed by atoms with Crippen LogP contribution in [0.1, 0.15) is 32.6 Å². The summed E-state index contributed by atoms with van der Waals surface area (Å²) >= 11 is 0. The van der Waals surface area contributed by atoms with E-state index in [2.05, 4.69) is 5.32 Å². The van der Waals surface area contributed by atoms with Crippen molar-refractivity contribution in [3.8, 4) is 0 Å². The minimum absolute atomic E-state index is 0.251. The van der Waals surface area contributed by atoms with Crippen molar-refractivity contribution in [1.82, 2.24) is 5.32 Å². The monoisotopic (exact) mass is 185 g/mol. The van der Waals surface area contributed by atoms with Crippen molar-refractivity contribution >= 4 is 0 Å². The number of ether oxygens (including phenoxy) is 1. The van der Waals surface area contributed by atoms with Crippen molar-refractivity contribution in [2.75, 3.05) is 6.54 Å². The maximum atomic E-state index is 9.15. The van der Waals surface area contributed by atoms with Crippen molar-refractivity contribution in [2.45, 2.75) is 57.0 Å². The lowest BCUT2D eigenvalue weighted by Crippen LogP contribution is -2.45. The van der Waals surface area contributed by atoms with Crippen LogP contribution in [-0.2, 0) is 4.74 Å². The second-order valence-corrected chi connectivity index (χ2v) is 4.32. The molecular weight excluding hydrogens is 166 g/mol. The van der Waals surface area contributed by atoms with Gasteiger partial charge in [0.1, 0.15) is 0 Å². The Hall–Kier alpha value is -0.120. The van der Waals surface area contributed by atoms with Crippen LogP contribution in [0.2, 0.25) is 0 Å². The van der Waals surface area contributed by atoms with E-state index >= 15 is 0 Å². The van der Waals surface area contributed by atoms with Gasteiger partial charge in [-0.1, -0.05) is 0 Å². The minimum atomic E-state index is -0.251. The first-order valence-electron chi connectivity index (χ1n) is 5.32. The summed E-state index contributed by atoms with van der Waals surface area (Å²) in [6, 6.07) is 0.480. The zero-order chi connectivity index (χ0) is 9.26. The number of hydrogen-bond donors (Lipinski definition) is 2. The molecule has 13 heavy (non-hydrogen) atoms.